The first-order chi connectivity index (χ1) is 15.3. The monoisotopic (exact) mass is 431 g/mol. The molecule has 8 nitrogen and oxygen atoms in total. The molecule has 0 aliphatic carbocycles. The Labute approximate surface area is 183 Å². The van der Waals surface area contributed by atoms with Gasteiger partial charge in [0.15, 0.2) is 11.5 Å². The zero-order valence-electron chi connectivity index (χ0n) is 16.8. The first kappa shape index (κ1) is 18.5. The number of hydrazine groups is 1. The van der Waals surface area contributed by atoms with Gasteiger partial charge in [-0.25, -0.2) is 15.4 Å². The number of anilines is 2. The Bertz CT molecular complexity index is 1220. The normalized spacial score (nSPS) is 18.9. The van der Waals surface area contributed by atoms with Gasteiger partial charge in [-0.05, 0) is 11.6 Å². The van der Waals surface area contributed by atoms with Crippen molar-refractivity contribution in [3.8, 4) is 10.7 Å². The molecule has 0 radical (unpaired) electrons. The summed E-state index contributed by atoms with van der Waals surface area (Å²) in [5.41, 5.74) is 6.37. The van der Waals surface area contributed by atoms with Crippen molar-refractivity contribution in [2.45, 2.75) is 6.04 Å². The second kappa shape index (κ2) is 7.77. The van der Waals surface area contributed by atoms with Gasteiger partial charge in [-0.1, -0.05) is 30.3 Å². The van der Waals surface area contributed by atoms with E-state index in [1.807, 2.05) is 33.2 Å². The van der Waals surface area contributed by atoms with Crippen LogP contribution in [0.2, 0.25) is 0 Å². The van der Waals surface area contributed by atoms with Crippen LogP contribution in [0, 0.1) is 0 Å². The van der Waals surface area contributed by atoms with Crippen molar-refractivity contribution >= 4 is 28.6 Å². The minimum absolute atomic E-state index is 0.113. The lowest BCUT2D eigenvalue weighted by atomic mass is 10.1. The summed E-state index contributed by atoms with van der Waals surface area (Å²) < 4.78 is 7.48. The molecule has 4 aromatic rings. The number of rotatable bonds is 4. The molecule has 6 rings (SSSR count). The maximum absolute atomic E-state index is 5.56. The lowest BCUT2D eigenvalue weighted by Gasteiger charge is -2.29. The third kappa shape index (κ3) is 3.46. The fourth-order valence-corrected chi connectivity index (χ4v) is 4.53. The number of thiazole rings is 1. The highest BCUT2D eigenvalue weighted by molar-refractivity contribution is 7.13. The predicted octanol–water partition coefficient (Wildman–Crippen LogP) is 3.27. The SMILES string of the molecule is C1=CN(c2cc(N3CCOCC3)n3nc(-c4nccs4)cc3n2)NC1c1ccccc1. The Hall–Kier alpha value is -3.27. The summed E-state index contributed by atoms with van der Waals surface area (Å²) in [6.45, 7) is 3.05. The van der Waals surface area contributed by atoms with Crippen LogP contribution >= 0.6 is 11.3 Å². The second-order valence-corrected chi connectivity index (χ2v) is 8.33. The Kier molecular flexibility index (Phi) is 4.63. The molecule has 1 aromatic carbocycles. The number of hydrogen-bond donors (Lipinski definition) is 1. The first-order valence-electron chi connectivity index (χ1n) is 10.3. The molecule has 1 fully saturated rings. The van der Waals surface area contributed by atoms with Crippen LogP contribution in [0.1, 0.15) is 11.6 Å². The Morgan fingerprint density at radius 3 is 2.77 bits per heavy atom. The standard InChI is InChI=1S/C22H21N7OS/c1-2-4-16(5-3-1)17-6-8-28(25-17)19-15-21(27-9-11-30-12-10-27)29-20(24-19)14-18(26-29)22-23-7-13-31-22/h1-8,13-15,17,25H,9-12H2. The maximum Gasteiger partial charge on any atom is 0.160 e. The molecule has 0 amide bonds. The molecule has 1 atom stereocenters. The molecule has 31 heavy (non-hydrogen) atoms. The highest BCUT2D eigenvalue weighted by Crippen LogP contribution is 2.30. The van der Waals surface area contributed by atoms with Crippen molar-refractivity contribution in [3.63, 3.8) is 0 Å². The van der Waals surface area contributed by atoms with Crippen molar-refractivity contribution in [1.82, 2.24) is 25.0 Å². The van der Waals surface area contributed by atoms with Crippen molar-refractivity contribution in [3.05, 3.63) is 71.9 Å². The number of nitrogens with zero attached hydrogens (tertiary/aromatic N) is 6. The molecule has 0 bridgehead atoms. The van der Waals surface area contributed by atoms with E-state index in [-0.39, 0.29) is 6.04 Å². The predicted molar refractivity (Wildman–Crippen MR) is 121 cm³/mol. The van der Waals surface area contributed by atoms with E-state index in [0.29, 0.717) is 13.2 Å². The summed E-state index contributed by atoms with van der Waals surface area (Å²) in [5, 5.41) is 9.66. The smallest absolute Gasteiger partial charge is 0.160 e. The van der Waals surface area contributed by atoms with Crippen molar-refractivity contribution in [1.29, 1.82) is 0 Å². The molecule has 9 heteroatoms. The lowest BCUT2D eigenvalue weighted by Crippen LogP contribution is -2.38. The van der Waals surface area contributed by atoms with Gasteiger partial charge in [0.25, 0.3) is 0 Å². The zero-order valence-corrected chi connectivity index (χ0v) is 17.6. The van der Waals surface area contributed by atoms with Gasteiger partial charge in [0.1, 0.15) is 16.5 Å². The summed E-state index contributed by atoms with van der Waals surface area (Å²) in [4.78, 5) is 11.6. The quantitative estimate of drug-likeness (QED) is 0.532. The van der Waals surface area contributed by atoms with Gasteiger partial charge >= 0.3 is 0 Å². The van der Waals surface area contributed by atoms with Crippen LogP contribution in [0.3, 0.4) is 0 Å². The van der Waals surface area contributed by atoms with Crippen LogP contribution in [0.5, 0.6) is 0 Å². The zero-order chi connectivity index (χ0) is 20.6. The van der Waals surface area contributed by atoms with Crippen LogP contribution in [-0.2, 0) is 4.74 Å². The van der Waals surface area contributed by atoms with Gasteiger partial charge in [-0.15, -0.1) is 11.3 Å². The lowest BCUT2D eigenvalue weighted by molar-refractivity contribution is 0.122. The minimum Gasteiger partial charge on any atom is -0.378 e. The van der Waals surface area contributed by atoms with Gasteiger partial charge < -0.3 is 9.64 Å². The molecule has 0 saturated carbocycles. The van der Waals surface area contributed by atoms with E-state index in [2.05, 4.69) is 51.7 Å². The van der Waals surface area contributed by atoms with Crippen LogP contribution < -0.4 is 15.3 Å². The van der Waals surface area contributed by atoms with E-state index < -0.39 is 0 Å². The molecule has 2 aliphatic heterocycles. The van der Waals surface area contributed by atoms with Gasteiger partial charge in [-0.2, -0.15) is 9.61 Å². The van der Waals surface area contributed by atoms with Crippen LogP contribution in [0.25, 0.3) is 16.3 Å². The van der Waals surface area contributed by atoms with E-state index in [1.54, 1.807) is 17.5 Å². The number of hydrogen-bond acceptors (Lipinski definition) is 8. The fraction of sp³-hybridized carbons (Fsp3) is 0.227. The third-order valence-electron chi connectivity index (χ3n) is 5.49. The highest BCUT2D eigenvalue weighted by atomic mass is 32.1. The largest absolute Gasteiger partial charge is 0.378 e. The van der Waals surface area contributed by atoms with Crippen LogP contribution in [0.4, 0.5) is 11.6 Å². The molecular formula is C22H21N7OS. The van der Waals surface area contributed by atoms with E-state index >= 15 is 0 Å². The van der Waals surface area contributed by atoms with E-state index in [9.17, 15) is 0 Å². The van der Waals surface area contributed by atoms with Crippen LogP contribution in [0.15, 0.2) is 66.3 Å². The first-order valence-corrected chi connectivity index (χ1v) is 11.2. The van der Waals surface area contributed by atoms with Gasteiger partial charge in [-0.3, -0.25) is 5.01 Å². The molecule has 156 valence electrons. The second-order valence-electron chi connectivity index (χ2n) is 7.44. The Morgan fingerprint density at radius 2 is 1.97 bits per heavy atom. The van der Waals surface area contributed by atoms with Crippen LogP contribution in [-0.4, -0.2) is 45.9 Å². The molecule has 1 saturated heterocycles. The average Bonchev–Trinajstić information content (AvgIpc) is 3.60. The summed E-state index contributed by atoms with van der Waals surface area (Å²) in [6, 6.07) is 14.6. The Balaban J connectivity index is 1.39. The summed E-state index contributed by atoms with van der Waals surface area (Å²) >= 11 is 1.58. The topological polar surface area (TPSA) is 70.8 Å². The summed E-state index contributed by atoms with van der Waals surface area (Å²) in [6.07, 6.45) is 5.99. The van der Waals surface area contributed by atoms with Crippen molar-refractivity contribution in [2.24, 2.45) is 0 Å². The number of morpholine rings is 1. The van der Waals surface area contributed by atoms with Gasteiger partial charge in [0.2, 0.25) is 0 Å². The third-order valence-corrected chi connectivity index (χ3v) is 6.29. The van der Waals surface area contributed by atoms with Crippen molar-refractivity contribution < 1.29 is 4.74 Å². The minimum atomic E-state index is 0.113. The molecule has 0 spiro atoms. The maximum atomic E-state index is 5.56. The number of ether oxygens (including phenoxy) is 1. The van der Waals surface area contributed by atoms with E-state index in [4.69, 9.17) is 14.8 Å². The summed E-state index contributed by atoms with van der Waals surface area (Å²) in [7, 11) is 0. The number of nitrogens with one attached hydrogen (secondary N) is 1. The molecule has 2 aliphatic rings. The number of fused-ring (bicyclic) bond motifs is 1. The average molecular weight is 432 g/mol. The fourth-order valence-electron chi connectivity index (χ4n) is 3.94. The van der Waals surface area contributed by atoms with E-state index in [1.165, 1.54) is 5.56 Å². The van der Waals surface area contributed by atoms with Crippen molar-refractivity contribution in [2.75, 3.05) is 36.2 Å². The molecule has 3 aromatic heterocycles. The van der Waals surface area contributed by atoms with E-state index in [0.717, 1.165) is 41.1 Å². The summed E-state index contributed by atoms with van der Waals surface area (Å²) in [5.74, 6) is 1.83. The number of aromatic nitrogens is 4. The molecule has 1 unspecified atom stereocenters. The molecule has 1 N–H and O–H groups in total. The Morgan fingerprint density at radius 1 is 1.10 bits per heavy atom. The van der Waals surface area contributed by atoms with Gasteiger partial charge in [0, 0.05) is 43.0 Å². The molecule has 5 heterocycles. The molecular weight excluding hydrogens is 410 g/mol. The highest BCUT2D eigenvalue weighted by Gasteiger charge is 2.23. The van der Waals surface area contributed by atoms with Gasteiger partial charge in [0.05, 0.1) is 19.3 Å². The number of benzene rings is 1.